The van der Waals surface area contributed by atoms with E-state index in [1.807, 2.05) is 12.2 Å². The predicted molar refractivity (Wildman–Crippen MR) is 79.7 cm³/mol. The monoisotopic (exact) mass is 327 g/mol. The molecule has 0 amide bonds. The molecule has 0 fully saturated rings. The number of carbonyl (C=O) groups is 1. The van der Waals surface area contributed by atoms with Crippen LogP contribution in [-0.2, 0) is 14.8 Å². The zero-order valence-electron chi connectivity index (χ0n) is 11.0. The Morgan fingerprint density at radius 3 is 2.43 bits per heavy atom. The molecule has 0 saturated heterocycles. The van der Waals surface area contributed by atoms with Crippen molar-refractivity contribution in [3.8, 4) is 0 Å². The highest BCUT2D eigenvalue weighted by Gasteiger charge is 2.28. The van der Waals surface area contributed by atoms with Crippen LogP contribution >= 0.6 is 11.6 Å². The molecule has 112 valence electrons. The van der Waals surface area contributed by atoms with Crippen LogP contribution in [0.15, 0.2) is 53.0 Å². The molecule has 1 aromatic carbocycles. The Balaban J connectivity index is 2.25. The van der Waals surface area contributed by atoms with Crippen LogP contribution in [-0.4, -0.2) is 25.5 Å². The van der Waals surface area contributed by atoms with Gasteiger partial charge in [0.25, 0.3) is 0 Å². The summed E-state index contributed by atoms with van der Waals surface area (Å²) in [6, 6.07) is 4.27. The molecule has 0 radical (unpaired) electrons. The summed E-state index contributed by atoms with van der Waals surface area (Å²) in [5.74, 6) is -1.23. The van der Waals surface area contributed by atoms with Crippen LogP contribution in [0.1, 0.15) is 12.8 Å². The van der Waals surface area contributed by atoms with Gasteiger partial charge < -0.3 is 5.11 Å². The van der Waals surface area contributed by atoms with Crippen molar-refractivity contribution in [3.63, 3.8) is 0 Å². The van der Waals surface area contributed by atoms with Crippen LogP contribution in [0, 0.1) is 0 Å². The fraction of sp³-hybridized carbons (Fsp3) is 0.214. The molecule has 1 aliphatic rings. The number of carboxylic acids is 1. The summed E-state index contributed by atoms with van der Waals surface area (Å²) < 4.78 is 26.7. The largest absolute Gasteiger partial charge is 0.480 e. The highest BCUT2D eigenvalue weighted by atomic mass is 35.5. The lowest BCUT2D eigenvalue weighted by molar-refractivity contribution is -0.138. The highest BCUT2D eigenvalue weighted by Crippen LogP contribution is 2.19. The Hall–Kier alpha value is -1.63. The molecule has 7 heteroatoms. The number of allylic oxidation sites excluding steroid dienone is 3. The van der Waals surface area contributed by atoms with Crippen molar-refractivity contribution in [1.82, 2.24) is 4.72 Å². The average molecular weight is 328 g/mol. The topological polar surface area (TPSA) is 83.5 Å². The average Bonchev–Trinajstić information content (AvgIpc) is 2.46. The number of rotatable bonds is 5. The van der Waals surface area contributed by atoms with Crippen molar-refractivity contribution < 1.29 is 18.3 Å². The first kappa shape index (κ1) is 15.8. The number of hydrogen-bond acceptors (Lipinski definition) is 3. The number of aliphatic carboxylic acids is 1. The molecule has 2 N–H and O–H groups in total. The summed E-state index contributed by atoms with van der Waals surface area (Å²) >= 11 is 5.71. The zero-order valence-corrected chi connectivity index (χ0v) is 12.6. The summed E-state index contributed by atoms with van der Waals surface area (Å²) in [7, 11) is -3.93. The van der Waals surface area contributed by atoms with Crippen LogP contribution in [0.4, 0.5) is 0 Å². The van der Waals surface area contributed by atoms with Gasteiger partial charge in [-0.15, -0.1) is 0 Å². The number of sulfonamides is 1. The van der Waals surface area contributed by atoms with Gasteiger partial charge in [0, 0.05) is 5.02 Å². The van der Waals surface area contributed by atoms with Crippen LogP contribution < -0.4 is 4.72 Å². The van der Waals surface area contributed by atoms with Gasteiger partial charge in [-0.1, -0.05) is 29.8 Å². The Kier molecular flexibility index (Phi) is 4.82. The Morgan fingerprint density at radius 2 is 1.90 bits per heavy atom. The van der Waals surface area contributed by atoms with E-state index in [1.54, 1.807) is 6.08 Å². The molecule has 0 bridgehead atoms. The molecule has 21 heavy (non-hydrogen) atoms. The molecule has 1 aliphatic carbocycles. The van der Waals surface area contributed by atoms with Crippen molar-refractivity contribution >= 4 is 27.6 Å². The van der Waals surface area contributed by atoms with E-state index >= 15 is 0 Å². The first-order valence-corrected chi connectivity index (χ1v) is 8.11. The summed E-state index contributed by atoms with van der Waals surface area (Å²) in [5, 5.41) is 9.67. The van der Waals surface area contributed by atoms with Crippen LogP contribution in [0.5, 0.6) is 0 Å². The van der Waals surface area contributed by atoms with Gasteiger partial charge in [-0.25, -0.2) is 8.42 Å². The van der Waals surface area contributed by atoms with Gasteiger partial charge in [0.15, 0.2) is 0 Å². The van der Waals surface area contributed by atoms with Gasteiger partial charge in [-0.3, -0.25) is 4.79 Å². The van der Waals surface area contributed by atoms with Crippen molar-refractivity contribution in [1.29, 1.82) is 0 Å². The molecule has 2 rings (SSSR count). The second-order valence-corrected chi connectivity index (χ2v) is 6.69. The van der Waals surface area contributed by atoms with E-state index in [4.69, 9.17) is 11.6 Å². The molecule has 0 heterocycles. The quantitative estimate of drug-likeness (QED) is 0.813. The van der Waals surface area contributed by atoms with Crippen LogP contribution in [0.25, 0.3) is 0 Å². The van der Waals surface area contributed by atoms with Gasteiger partial charge >= 0.3 is 5.97 Å². The van der Waals surface area contributed by atoms with E-state index in [1.165, 1.54) is 24.3 Å². The highest BCUT2D eigenvalue weighted by molar-refractivity contribution is 7.89. The first-order valence-electron chi connectivity index (χ1n) is 6.25. The fourth-order valence-electron chi connectivity index (χ4n) is 1.98. The lowest BCUT2D eigenvalue weighted by atomic mass is 9.99. The molecular weight excluding hydrogens is 314 g/mol. The van der Waals surface area contributed by atoms with Crippen LogP contribution in [0.3, 0.4) is 0 Å². The normalized spacial score (nSPS) is 16.3. The van der Waals surface area contributed by atoms with Gasteiger partial charge in [0.2, 0.25) is 10.0 Å². The van der Waals surface area contributed by atoms with E-state index < -0.39 is 22.0 Å². The predicted octanol–water partition coefficient (Wildman–Crippen LogP) is 2.35. The standard InChI is InChI=1S/C14H14ClNO4S/c15-11-6-8-12(9-7-11)21(19,20)16-13(14(17)18)10-4-2-1-3-5-10/h1-2,5-9,13,16H,3-4H2,(H,17,18)/t13-/m0/s1. The first-order chi connectivity index (χ1) is 9.90. The van der Waals surface area contributed by atoms with E-state index in [9.17, 15) is 18.3 Å². The van der Waals surface area contributed by atoms with E-state index in [2.05, 4.69) is 4.72 Å². The minimum Gasteiger partial charge on any atom is -0.480 e. The lowest BCUT2D eigenvalue weighted by Gasteiger charge is -2.19. The van der Waals surface area contributed by atoms with Crippen molar-refractivity contribution in [2.75, 3.05) is 0 Å². The maximum absolute atomic E-state index is 12.2. The molecule has 5 nitrogen and oxygen atoms in total. The van der Waals surface area contributed by atoms with Gasteiger partial charge in [-0.2, -0.15) is 4.72 Å². The van der Waals surface area contributed by atoms with Crippen molar-refractivity contribution in [3.05, 3.63) is 53.1 Å². The molecule has 1 aromatic rings. The molecular formula is C14H14ClNO4S. The minimum atomic E-state index is -3.93. The molecule has 0 spiro atoms. The number of hydrogen-bond donors (Lipinski definition) is 2. The fourth-order valence-corrected chi connectivity index (χ4v) is 3.29. The molecule has 0 saturated carbocycles. The van der Waals surface area contributed by atoms with Gasteiger partial charge in [-0.05, 0) is 42.7 Å². The lowest BCUT2D eigenvalue weighted by Crippen LogP contribution is -2.42. The Labute approximate surface area is 128 Å². The van der Waals surface area contributed by atoms with Crippen molar-refractivity contribution in [2.45, 2.75) is 23.8 Å². The number of benzene rings is 1. The second-order valence-electron chi connectivity index (χ2n) is 4.54. The maximum atomic E-state index is 12.2. The maximum Gasteiger partial charge on any atom is 0.326 e. The Bertz CT molecular complexity index is 692. The summed E-state index contributed by atoms with van der Waals surface area (Å²) in [5.41, 5.74) is 0.530. The molecule has 0 aromatic heterocycles. The van der Waals surface area contributed by atoms with Crippen LogP contribution in [0.2, 0.25) is 5.02 Å². The number of nitrogens with one attached hydrogen (secondary N) is 1. The van der Waals surface area contributed by atoms with Gasteiger partial charge in [0.1, 0.15) is 6.04 Å². The zero-order chi connectivity index (χ0) is 15.5. The third kappa shape index (κ3) is 3.93. The van der Waals surface area contributed by atoms with Gasteiger partial charge in [0.05, 0.1) is 4.90 Å². The van der Waals surface area contributed by atoms with E-state index in [0.717, 1.165) is 0 Å². The summed E-state index contributed by atoms with van der Waals surface area (Å²) in [4.78, 5) is 11.3. The summed E-state index contributed by atoms with van der Waals surface area (Å²) in [6.45, 7) is 0. The van der Waals surface area contributed by atoms with E-state index in [0.29, 0.717) is 23.4 Å². The summed E-state index contributed by atoms with van der Waals surface area (Å²) in [6.07, 6.45) is 6.46. The number of halogens is 1. The number of carboxylic acid groups (broad SMARTS) is 1. The molecule has 1 atom stereocenters. The minimum absolute atomic E-state index is 0.0231. The second kappa shape index (κ2) is 6.43. The van der Waals surface area contributed by atoms with Crippen molar-refractivity contribution in [2.24, 2.45) is 0 Å². The van der Waals surface area contributed by atoms with E-state index in [-0.39, 0.29) is 4.90 Å². The molecule has 0 aliphatic heterocycles. The third-order valence-electron chi connectivity index (χ3n) is 3.05. The SMILES string of the molecule is O=C(O)[C@@H](NS(=O)(=O)c1ccc(Cl)cc1)C1=CCC=CC1. The Morgan fingerprint density at radius 1 is 1.24 bits per heavy atom. The molecule has 0 unspecified atom stereocenters. The smallest absolute Gasteiger partial charge is 0.326 e. The third-order valence-corrected chi connectivity index (χ3v) is 4.74.